The number of rotatable bonds is 6. The molecule has 27 heavy (non-hydrogen) atoms. The molecule has 0 radical (unpaired) electrons. The molecule has 1 saturated heterocycles. The van der Waals surface area contributed by atoms with Gasteiger partial charge in [-0.25, -0.2) is 9.59 Å². The van der Waals surface area contributed by atoms with Crippen LogP contribution in [0.2, 0.25) is 0 Å². The summed E-state index contributed by atoms with van der Waals surface area (Å²) in [5.41, 5.74) is 1.25. The van der Waals surface area contributed by atoms with E-state index in [1.165, 1.54) is 12.7 Å². The molecular weight excluding hydrogens is 358 g/mol. The van der Waals surface area contributed by atoms with Crippen LogP contribution in [0, 0.1) is 0 Å². The van der Waals surface area contributed by atoms with Crippen LogP contribution < -0.4 is 0 Å². The lowest BCUT2D eigenvalue weighted by atomic mass is 10.1. The fourth-order valence-corrected chi connectivity index (χ4v) is 2.83. The number of esters is 1. The molecule has 4 N–H and O–H groups in total. The molecular formula is C18H25NO8. The molecule has 0 bridgehead atoms. The molecule has 0 aliphatic carbocycles. The number of nitrogens with zero attached hydrogens (tertiary/aromatic N) is 1. The lowest BCUT2D eigenvalue weighted by Gasteiger charge is -2.29. The summed E-state index contributed by atoms with van der Waals surface area (Å²) in [5.74, 6) is -3.64. The van der Waals surface area contributed by atoms with Gasteiger partial charge in [-0.1, -0.05) is 30.3 Å². The number of likely N-dealkylation sites (tertiary alicyclic amines) is 1. The number of carboxylic acids is 2. The maximum Gasteiger partial charge on any atom is 0.335 e. The maximum atomic E-state index is 11.7. The van der Waals surface area contributed by atoms with E-state index in [2.05, 4.69) is 24.0 Å². The Morgan fingerprint density at radius 2 is 1.59 bits per heavy atom. The Labute approximate surface area is 156 Å². The number of aliphatic hydroxyl groups is 2. The zero-order valence-corrected chi connectivity index (χ0v) is 15.2. The van der Waals surface area contributed by atoms with Gasteiger partial charge in [-0.05, 0) is 31.9 Å². The molecule has 4 atom stereocenters. The number of ether oxygens (including phenoxy) is 1. The fourth-order valence-electron chi connectivity index (χ4n) is 2.83. The van der Waals surface area contributed by atoms with Crippen LogP contribution in [0.15, 0.2) is 30.3 Å². The molecule has 1 aromatic rings. The number of carboxylic acid groups (broad SMARTS) is 2. The molecule has 0 saturated carbocycles. The molecule has 9 nitrogen and oxygen atoms in total. The van der Waals surface area contributed by atoms with Gasteiger partial charge in [0.15, 0.2) is 12.2 Å². The maximum absolute atomic E-state index is 11.7. The predicted molar refractivity (Wildman–Crippen MR) is 93.9 cm³/mol. The average Bonchev–Trinajstić information content (AvgIpc) is 3.16. The van der Waals surface area contributed by atoms with Crippen LogP contribution >= 0.6 is 0 Å². The number of carbonyl (C=O) groups is 3. The van der Waals surface area contributed by atoms with Crippen molar-refractivity contribution in [3.8, 4) is 0 Å². The fraction of sp³-hybridized carbons (Fsp3) is 0.500. The van der Waals surface area contributed by atoms with Gasteiger partial charge in [-0.15, -0.1) is 0 Å². The van der Waals surface area contributed by atoms with Gasteiger partial charge < -0.3 is 25.2 Å². The first-order chi connectivity index (χ1) is 12.7. The van der Waals surface area contributed by atoms with Crippen molar-refractivity contribution < 1.29 is 39.5 Å². The first-order valence-corrected chi connectivity index (χ1v) is 8.41. The number of benzene rings is 1. The number of methoxy groups -OCH3 is 1. The lowest BCUT2D eigenvalue weighted by Crippen LogP contribution is -2.39. The first-order valence-electron chi connectivity index (χ1n) is 8.41. The van der Waals surface area contributed by atoms with Crippen LogP contribution in [0.25, 0.3) is 0 Å². The molecule has 1 fully saturated rings. The van der Waals surface area contributed by atoms with E-state index in [9.17, 15) is 14.4 Å². The van der Waals surface area contributed by atoms with E-state index in [1.54, 1.807) is 0 Å². The molecule has 0 aromatic heterocycles. The summed E-state index contributed by atoms with van der Waals surface area (Å²) < 4.78 is 4.87. The summed E-state index contributed by atoms with van der Waals surface area (Å²) >= 11 is 0. The van der Waals surface area contributed by atoms with Crippen molar-refractivity contribution in [2.75, 3.05) is 13.7 Å². The number of aliphatic hydroxyl groups excluding tert-OH is 2. The van der Waals surface area contributed by atoms with Crippen molar-refractivity contribution in [1.82, 2.24) is 4.90 Å². The summed E-state index contributed by atoms with van der Waals surface area (Å²) in [6.45, 7) is 3.12. The van der Waals surface area contributed by atoms with Crippen molar-refractivity contribution in [3.63, 3.8) is 0 Å². The number of carbonyl (C=O) groups excluding carboxylic acids is 1. The largest absolute Gasteiger partial charge is 0.479 e. The Balaban J connectivity index is 0.000000314. The Morgan fingerprint density at radius 1 is 1.07 bits per heavy atom. The Kier molecular flexibility index (Phi) is 8.86. The van der Waals surface area contributed by atoms with E-state index in [0.29, 0.717) is 0 Å². The van der Waals surface area contributed by atoms with Crippen LogP contribution in [0.1, 0.15) is 31.4 Å². The minimum atomic E-state index is -2.27. The molecule has 150 valence electrons. The SMILES string of the molecule is COC(=O)C1CCCN1C(C)c1ccccc1.O=C(O)C(O)C(O)C(=O)O. The monoisotopic (exact) mass is 383 g/mol. The van der Waals surface area contributed by atoms with Gasteiger partial charge in [0.1, 0.15) is 6.04 Å². The highest BCUT2D eigenvalue weighted by molar-refractivity contribution is 5.83. The molecule has 2 rings (SSSR count). The highest BCUT2D eigenvalue weighted by Gasteiger charge is 2.34. The summed E-state index contributed by atoms with van der Waals surface area (Å²) in [6.07, 6.45) is -2.56. The zero-order chi connectivity index (χ0) is 20.6. The molecule has 1 aromatic carbocycles. The molecule has 0 spiro atoms. The smallest absolute Gasteiger partial charge is 0.335 e. The third-order valence-corrected chi connectivity index (χ3v) is 4.35. The van der Waals surface area contributed by atoms with Gasteiger partial charge in [0, 0.05) is 6.04 Å². The Morgan fingerprint density at radius 3 is 2.04 bits per heavy atom. The first kappa shape index (κ1) is 22.6. The second-order valence-electron chi connectivity index (χ2n) is 6.07. The van der Waals surface area contributed by atoms with E-state index in [-0.39, 0.29) is 18.1 Å². The topological polar surface area (TPSA) is 145 Å². The van der Waals surface area contributed by atoms with Crippen LogP contribution in [-0.4, -0.2) is 75.1 Å². The molecule has 1 heterocycles. The summed E-state index contributed by atoms with van der Waals surface area (Å²) in [7, 11) is 1.46. The van der Waals surface area contributed by atoms with Crippen LogP contribution in [-0.2, 0) is 19.1 Å². The van der Waals surface area contributed by atoms with Crippen LogP contribution in [0.5, 0.6) is 0 Å². The molecule has 1 aliphatic rings. The highest BCUT2D eigenvalue weighted by Crippen LogP contribution is 2.29. The third kappa shape index (κ3) is 6.31. The highest BCUT2D eigenvalue weighted by atomic mass is 16.5. The van der Waals surface area contributed by atoms with Crippen LogP contribution in [0.3, 0.4) is 0 Å². The van der Waals surface area contributed by atoms with Gasteiger partial charge in [0.05, 0.1) is 7.11 Å². The molecule has 1 aliphatic heterocycles. The van der Waals surface area contributed by atoms with Crippen LogP contribution in [0.4, 0.5) is 0 Å². The molecule has 4 unspecified atom stereocenters. The van der Waals surface area contributed by atoms with Crippen molar-refractivity contribution in [1.29, 1.82) is 0 Å². The van der Waals surface area contributed by atoms with Gasteiger partial charge in [0.2, 0.25) is 0 Å². The summed E-state index contributed by atoms with van der Waals surface area (Å²) in [4.78, 5) is 33.5. The minimum Gasteiger partial charge on any atom is -0.479 e. The minimum absolute atomic E-state index is 0.0739. The Hall–Kier alpha value is -2.49. The van der Waals surface area contributed by atoms with Crippen molar-refractivity contribution in [2.45, 2.75) is 44.1 Å². The summed E-state index contributed by atoms with van der Waals surface area (Å²) in [6, 6.07) is 10.5. The predicted octanol–water partition coefficient (Wildman–Crippen LogP) is 0.262. The van der Waals surface area contributed by atoms with E-state index >= 15 is 0 Å². The molecule has 0 amide bonds. The van der Waals surface area contributed by atoms with E-state index in [1.807, 2.05) is 18.2 Å². The number of hydrogen-bond donors (Lipinski definition) is 4. The quantitative estimate of drug-likeness (QED) is 0.508. The van der Waals surface area contributed by atoms with E-state index in [4.69, 9.17) is 25.2 Å². The van der Waals surface area contributed by atoms with Crippen molar-refractivity contribution in [3.05, 3.63) is 35.9 Å². The van der Waals surface area contributed by atoms with Gasteiger partial charge in [-0.3, -0.25) is 9.69 Å². The normalized spacial score (nSPS) is 19.9. The summed E-state index contributed by atoms with van der Waals surface area (Å²) in [5, 5.41) is 32.5. The van der Waals surface area contributed by atoms with Gasteiger partial charge in [0.25, 0.3) is 0 Å². The van der Waals surface area contributed by atoms with Crippen molar-refractivity contribution >= 4 is 17.9 Å². The second kappa shape index (κ2) is 10.6. The van der Waals surface area contributed by atoms with E-state index in [0.717, 1.165) is 19.4 Å². The van der Waals surface area contributed by atoms with Gasteiger partial charge >= 0.3 is 17.9 Å². The van der Waals surface area contributed by atoms with Gasteiger partial charge in [-0.2, -0.15) is 0 Å². The van der Waals surface area contributed by atoms with E-state index < -0.39 is 24.1 Å². The second-order valence-corrected chi connectivity index (χ2v) is 6.07. The standard InChI is InChI=1S/C14H19NO2.C4H6O6/c1-11(12-7-4-3-5-8-12)15-10-6-9-13(15)14(16)17-2;5-1(3(7)8)2(6)4(9)10/h3-5,7-8,11,13H,6,9-10H2,1-2H3;1-2,5-6H,(H,7,8)(H,9,10). The molecule has 9 heteroatoms. The number of aliphatic carboxylic acids is 2. The number of hydrogen-bond acceptors (Lipinski definition) is 7. The Bertz CT molecular complexity index is 618. The average molecular weight is 383 g/mol. The van der Waals surface area contributed by atoms with Crippen molar-refractivity contribution in [2.24, 2.45) is 0 Å². The zero-order valence-electron chi connectivity index (χ0n) is 15.2. The third-order valence-electron chi connectivity index (χ3n) is 4.35. The lowest BCUT2D eigenvalue weighted by molar-refractivity contribution is -0.165.